The zero-order valence-corrected chi connectivity index (χ0v) is 14.5. The number of nitrogens with zero attached hydrogens (tertiary/aromatic N) is 1. The molecule has 2 aromatic rings. The Morgan fingerprint density at radius 2 is 1.77 bits per heavy atom. The van der Waals surface area contributed by atoms with E-state index in [0.717, 1.165) is 19.4 Å². The molecular formula is C20H22FN3O2. The molecule has 6 heteroatoms. The number of carbonyl (C=O) groups is 2. The Hall–Kier alpha value is -2.73. The molecule has 0 saturated carbocycles. The van der Waals surface area contributed by atoms with Gasteiger partial charge in [0.05, 0.1) is 0 Å². The minimum Gasteiger partial charge on any atom is -0.344 e. The highest BCUT2D eigenvalue weighted by Crippen LogP contribution is 2.16. The van der Waals surface area contributed by atoms with Crippen LogP contribution >= 0.6 is 0 Å². The predicted octanol–water partition coefficient (Wildman–Crippen LogP) is 2.54. The van der Waals surface area contributed by atoms with Crippen LogP contribution in [0.4, 0.5) is 10.1 Å². The van der Waals surface area contributed by atoms with E-state index in [1.807, 2.05) is 12.1 Å². The Balaban J connectivity index is 1.52. The number of likely N-dealkylation sites (tertiary alicyclic amines) is 1. The minimum absolute atomic E-state index is 0.121. The predicted molar refractivity (Wildman–Crippen MR) is 97.9 cm³/mol. The second-order valence-electron chi connectivity index (χ2n) is 6.46. The summed E-state index contributed by atoms with van der Waals surface area (Å²) < 4.78 is 13.8. The molecular weight excluding hydrogens is 333 g/mol. The van der Waals surface area contributed by atoms with Crippen molar-refractivity contribution in [3.8, 4) is 0 Å². The van der Waals surface area contributed by atoms with Gasteiger partial charge in [-0.1, -0.05) is 36.4 Å². The summed E-state index contributed by atoms with van der Waals surface area (Å²) in [6.45, 7) is 1.94. The Bertz CT molecular complexity index is 767. The molecule has 3 rings (SSSR count). The van der Waals surface area contributed by atoms with Crippen molar-refractivity contribution in [3.63, 3.8) is 0 Å². The maximum absolute atomic E-state index is 13.8. The fourth-order valence-electron chi connectivity index (χ4n) is 3.14. The number of carbonyl (C=O) groups excluding carboxylic acids is 2. The summed E-state index contributed by atoms with van der Waals surface area (Å²) in [6, 6.07) is 15.4. The van der Waals surface area contributed by atoms with Crippen molar-refractivity contribution in [1.82, 2.24) is 10.2 Å². The van der Waals surface area contributed by atoms with Crippen LogP contribution in [0.25, 0.3) is 0 Å². The summed E-state index contributed by atoms with van der Waals surface area (Å²) in [5.41, 5.74) is 1.22. The fourth-order valence-corrected chi connectivity index (χ4v) is 3.14. The van der Waals surface area contributed by atoms with E-state index >= 15 is 0 Å². The van der Waals surface area contributed by atoms with E-state index in [9.17, 15) is 14.0 Å². The lowest BCUT2D eigenvalue weighted by Gasteiger charge is -2.33. The first kappa shape index (κ1) is 18.1. The van der Waals surface area contributed by atoms with Gasteiger partial charge >= 0.3 is 11.8 Å². The monoisotopic (exact) mass is 355 g/mol. The van der Waals surface area contributed by atoms with Gasteiger partial charge in [-0.05, 0) is 37.6 Å². The summed E-state index contributed by atoms with van der Waals surface area (Å²) >= 11 is 0. The third-order valence-corrected chi connectivity index (χ3v) is 4.43. The number of amides is 2. The first-order valence-corrected chi connectivity index (χ1v) is 8.74. The molecule has 0 unspecified atom stereocenters. The number of hydrogen-bond donors (Lipinski definition) is 2. The number of para-hydroxylation sites is 1. The number of halogens is 1. The van der Waals surface area contributed by atoms with Gasteiger partial charge in [0.2, 0.25) is 0 Å². The van der Waals surface area contributed by atoms with Crippen LogP contribution in [0.5, 0.6) is 0 Å². The third-order valence-electron chi connectivity index (χ3n) is 4.43. The number of nitrogens with one attached hydrogen (secondary N) is 2. The summed E-state index contributed by atoms with van der Waals surface area (Å²) in [6.07, 6.45) is 1.69. The van der Waals surface area contributed by atoms with E-state index in [0.29, 0.717) is 24.3 Å². The lowest BCUT2D eigenvalue weighted by Crippen LogP contribution is -2.50. The average molecular weight is 355 g/mol. The molecule has 1 fully saturated rings. The van der Waals surface area contributed by atoms with Gasteiger partial charge in [0, 0.05) is 30.4 Å². The Labute approximate surface area is 152 Å². The normalized spacial score (nSPS) is 17.5. The molecule has 1 saturated heterocycles. The molecule has 1 heterocycles. The number of hydrogen-bond acceptors (Lipinski definition) is 3. The van der Waals surface area contributed by atoms with Gasteiger partial charge < -0.3 is 10.6 Å². The number of piperidine rings is 1. The lowest BCUT2D eigenvalue weighted by molar-refractivity contribution is -0.136. The van der Waals surface area contributed by atoms with Gasteiger partial charge in [0.1, 0.15) is 5.82 Å². The molecule has 2 aromatic carbocycles. The second-order valence-corrected chi connectivity index (χ2v) is 6.46. The first-order valence-electron chi connectivity index (χ1n) is 8.74. The summed E-state index contributed by atoms with van der Waals surface area (Å²) in [5, 5.41) is 5.36. The first-order chi connectivity index (χ1) is 12.6. The van der Waals surface area contributed by atoms with Crippen molar-refractivity contribution in [2.75, 3.05) is 18.4 Å². The van der Waals surface area contributed by atoms with Crippen molar-refractivity contribution >= 4 is 17.5 Å². The second kappa shape index (κ2) is 8.58. The molecule has 0 spiro atoms. The Morgan fingerprint density at radius 1 is 1.04 bits per heavy atom. The third kappa shape index (κ3) is 4.89. The smallest absolute Gasteiger partial charge is 0.313 e. The maximum Gasteiger partial charge on any atom is 0.313 e. The van der Waals surface area contributed by atoms with Crippen molar-refractivity contribution in [3.05, 3.63) is 66.0 Å². The molecule has 136 valence electrons. The van der Waals surface area contributed by atoms with Gasteiger partial charge in [0.15, 0.2) is 0 Å². The number of rotatable bonds is 4. The van der Waals surface area contributed by atoms with Crippen LogP contribution in [0.2, 0.25) is 0 Å². The number of benzene rings is 2. The molecule has 1 atom stereocenters. The van der Waals surface area contributed by atoms with Crippen molar-refractivity contribution in [2.45, 2.75) is 25.4 Å². The van der Waals surface area contributed by atoms with Crippen LogP contribution in [0, 0.1) is 5.82 Å². The molecule has 0 aliphatic carbocycles. The van der Waals surface area contributed by atoms with E-state index in [2.05, 4.69) is 15.5 Å². The van der Waals surface area contributed by atoms with Crippen molar-refractivity contribution < 1.29 is 14.0 Å². The van der Waals surface area contributed by atoms with Crippen LogP contribution < -0.4 is 10.6 Å². The summed E-state index contributed by atoms with van der Waals surface area (Å²) in [7, 11) is 0. The molecule has 0 radical (unpaired) electrons. The molecule has 0 aromatic heterocycles. The highest BCUT2D eigenvalue weighted by molar-refractivity contribution is 6.39. The molecule has 1 aliphatic heterocycles. The summed E-state index contributed by atoms with van der Waals surface area (Å²) in [4.78, 5) is 26.2. The van der Waals surface area contributed by atoms with Crippen molar-refractivity contribution in [1.29, 1.82) is 0 Å². The van der Waals surface area contributed by atoms with Gasteiger partial charge in [0.25, 0.3) is 0 Å². The van der Waals surface area contributed by atoms with Crippen molar-refractivity contribution in [2.24, 2.45) is 0 Å². The Morgan fingerprint density at radius 3 is 2.54 bits per heavy atom. The zero-order chi connectivity index (χ0) is 18.4. The van der Waals surface area contributed by atoms with Gasteiger partial charge in [-0.15, -0.1) is 0 Å². The highest BCUT2D eigenvalue weighted by atomic mass is 19.1. The van der Waals surface area contributed by atoms with Crippen LogP contribution in [0.3, 0.4) is 0 Å². The molecule has 2 N–H and O–H groups in total. The largest absolute Gasteiger partial charge is 0.344 e. The maximum atomic E-state index is 13.8. The quantitative estimate of drug-likeness (QED) is 0.829. The lowest BCUT2D eigenvalue weighted by atomic mass is 10.0. The SMILES string of the molecule is O=C(Nc1ccccc1)C(=O)N[C@@H]1CCCN(Cc2ccccc2F)C1. The van der Waals surface area contributed by atoms with E-state index in [1.54, 1.807) is 36.4 Å². The molecule has 0 bridgehead atoms. The number of anilines is 1. The van der Waals surface area contributed by atoms with Crippen LogP contribution in [-0.4, -0.2) is 35.8 Å². The van der Waals surface area contributed by atoms with E-state index in [1.165, 1.54) is 6.07 Å². The van der Waals surface area contributed by atoms with E-state index < -0.39 is 11.8 Å². The van der Waals surface area contributed by atoms with Crippen LogP contribution in [0.1, 0.15) is 18.4 Å². The summed E-state index contributed by atoms with van der Waals surface area (Å²) in [5.74, 6) is -1.55. The fraction of sp³-hybridized carbons (Fsp3) is 0.300. The van der Waals surface area contributed by atoms with E-state index in [4.69, 9.17) is 0 Å². The molecule has 1 aliphatic rings. The average Bonchev–Trinajstić information content (AvgIpc) is 2.65. The van der Waals surface area contributed by atoms with E-state index in [-0.39, 0.29) is 11.9 Å². The standard InChI is InChI=1S/C20H22FN3O2/c21-18-11-5-4-7-15(18)13-24-12-6-10-17(14-24)23-20(26)19(25)22-16-8-2-1-3-9-16/h1-5,7-9,11,17H,6,10,12-14H2,(H,22,25)(H,23,26)/t17-/m1/s1. The van der Waals surface area contributed by atoms with Gasteiger partial charge in [-0.3, -0.25) is 14.5 Å². The minimum atomic E-state index is -0.678. The molecule has 26 heavy (non-hydrogen) atoms. The molecule has 2 amide bonds. The Kier molecular flexibility index (Phi) is 5.96. The van der Waals surface area contributed by atoms with Crippen LogP contribution in [0.15, 0.2) is 54.6 Å². The van der Waals surface area contributed by atoms with Crippen LogP contribution in [-0.2, 0) is 16.1 Å². The topological polar surface area (TPSA) is 61.4 Å². The highest BCUT2D eigenvalue weighted by Gasteiger charge is 2.24. The zero-order valence-electron chi connectivity index (χ0n) is 14.5. The molecule has 5 nitrogen and oxygen atoms in total. The van der Waals surface area contributed by atoms with Gasteiger partial charge in [-0.25, -0.2) is 4.39 Å². The van der Waals surface area contributed by atoms with Gasteiger partial charge in [-0.2, -0.15) is 0 Å².